The largest absolute Gasteiger partial charge is 0.492 e. The van der Waals surface area contributed by atoms with Crippen LogP contribution in [0, 0.1) is 17.6 Å². The molecule has 0 aromatic heterocycles. The van der Waals surface area contributed by atoms with Gasteiger partial charge in [0.1, 0.15) is 12.4 Å². The van der Waals surface area contributed by atoms with Crippen molar-refractivity contribution < 1.29 is 21.9 Å². The fourth-order valence-electron chi connectivity index (χ4n) is 3.55. The summed E-state index contributed by atoms with van der Waals surface area (Å²) < 4.78 is 59.1. The van der Waals surface area contributed by atoms with Crippen molar-refractivity contribution in [2.75, 3.05) is 32.8 Å². The lowest BCUT2D eigenvalue weighted by molar-refractivity contribution is 0.0857. The molecule has 0 saturated carbocycles. The molecule has 1 N–H and O–H groups in total. The van der Waals surface area contributed by atoms with E-state index in [1.54, 1.807) is 0 Å². The van der Waals surface area contributed by atoms with E-state index in [-0.39, 0.29) is 17.4 Å². The van der Waals surface area contributed by atoms with Gasteiger partial charge in [0.25, 0.3) is 0 Å². The maximum Gasteiger partial charge on any atom is 0.240 e. The summed E-state index contributed by atoms with van der Waals surface area (Å²) in [6.07, 6.45) is 0. The molecular formula is C22H22F2N2O3S. The van der Waals surface area contributed by atoms with Crippen molar-refractivity contribution in [3.63, 3.8) is 0 Å². The highest BCUT2D eigenvalue weighted by molar-refractivity contribution is 7.89. The first-order valence-corrected chi connectivity index (χ1v) is 11.2. The molecule has 4 rings (SSSR count). The summed E-state index contributed by atoms with van der Waals surface area (Å²) in [5.41, 5.74) is 0. The zero-order chi connectivity index (χ0) is 21.1. The lowest BCUT2D eigenvalue weighted by atomic mass is 10.0. The Bertz CT molecular complexity index is 1140. The van der Waals surface area contributed by atoms with Crippen LogP contribution >= 0.6 is 0 Å². The van der Waals surface area contributed by atoms with Crippen LogP contribution < -0.4 is 9.46 Å². The molecule has 0 radical (unpaired) electrons. The van der Waals surface area contributed by atoms with E-state index in [4.69, 9.17) is 4.74 Å². The molecule has 3 aromatic rings. The summed E-state index contributed by atoms with van der Waals surface area (Å²) in [5, 5.41) is 2.21. The second-order valence-electron chi connectivity index (χ2n) is 7.38. The minimum atomic E-state index is -3.86. The average Bonchev–Trinajstić information content (AvgIpc) is 2.71. The fourth-order valence-corrected chi connectivity index (χ4v) is 4.68. The van der Waals surface area contributed by atoms with Crippen LogP contribution in [-0.2, 0) is 10.0 Å². The molecule has 1 aliphatic rings. The molecule has 8 heteroatoms. The van der Waals surface area contributed by atoms with Gasteiger partial charge in [-0.3, -0.25) is 4.90 Å². The van der Waals surface area contributed by atoms with Crippen molar-refractivity contribution >= 4 is 20.8 Å². The number of benzene rings is 3. The third-order valence-electron chi connectivity index (χ3n) is 5.21. The van der Waals surface area contributed by atoms with Crippen LogP contribution in [0.3, 0.4) is 0 Å². The van der Waals surface area contributed by atoms with E-state index in [9.17, 15) is 17.2 Å². The summed E-state index contributed by atoms with van der Waals surface area (Å²) >= 11 is 0. The van der Waals surface area contributed by atoms with Gasteiger partial charge in [-0.25, -0.2) is 21.9 Å². The van der Waals surface area contributed by atoms with Crippen LogP contribution in [0.2, 0.25) is 0 Å². The lowest BCUT2D eigenvalue weighted by Crippen LogP contribution is -2.52. The number of hydrogen-bond acceptors (Lipinski definition) is 4. The second-order valence-corrected chi connectivity index (χ2v) is 9.15. The minimum absolute atomic E-state index is 0.169. The van der Waals surface area contributed by atoms with Gasteiger partial charge in [-0.05, 0) is 35.6 Å². The van der Waals surface area contributed by atoms with Crippen LogP contribution in [0.25, 0.3) is 10.8 Å². The number of halogens is 2. The van der Waals surface area contributed by atoms with Gasteiger partial charge in [0.15, 0.2) is 11.6 Å². The molecule has 1 heterocycles. The Balaban J connectivity index is 1.21. The number of sulfonamides is 1. The Morgan fingerprint density at radius 3 is 2.57 bits per heavy atom. The maximum atomic E-state index is 13.3. The lowest BCUT2D eigenvalue weighted by Gasteiger charge is -2.39. The molecule has 3 aromatic carbocycles. The molecule has 0 unspecified atom stereocenters. The standard InChI is InChI=1S/C22H22F2N2O3S/c23-20-9-8-18(12-21(20)24)30(27,28)25-13-16-14-26(15-16)10-11-29-22-7-3-5-17-4-1-2-6-19(17)22/h1-9,12,16,25H,10-11,13-15H2. The number of nitrogens with zero attached hydrogens (tertiary/aromatic N) is 1. The van der Waals surface area contributed by atoms with Crippen LogP contribution in [0.15, 0.2) is 65.6 Å². The number of likely N-dealkylation sites (tertiary alicyclic amines) is 1. The van der Waals surface area contributed by atoms with E-state index in [1.165, 1.54) is 0 Å². The molecule has 0 bridgehead atoms. The number of ether oxygens (including phenoxy) is 1. The highest BCUT2D eigenvalue weighted by atomic mass is 32.2. The third kappa shape index (κ3) is 4.61. The molecule has 1 fully saturated rings. The molecule has 0 atom stereocenters. The van der Waals surface area contributed by atoms with Crippen LogP contribution in [-0.4, -0.2) is 46.1 Å². The van der Waals surface area contributed by atoms with E-state index in [0.717, 1.165) is 48.3 Å². The first kappa shape index (κ1) is 20.7. The molecule has 30 heavy (non-hydrogen) atoms. The van der Waals surface area contributed by atoms with Crippen molar-refractivity contribution in [2.24, 2.45) is 5.92 Å². The zero-order valence-corrected chi connectivity index (χ0v) is 17.0. The molecule has 0 amide bonds. The Kier molecular flexibility index (Phi) is 5.99. The maximum absolute atomic E-state index is 13.3. The third-order valence-corrected chi connectivity index (χ3v) is 6.63. The first-order valence-electron chi connectivity index (χ1n) is 9.70. The molecule has 1 saturated heterocycles. The van der Waals surface area contributed by atoms with E-state index >= 15 is 0 Å². The number of nitrogens with one attached hydrogen (secondary N) is 1. The predicted octanol–water partition coefficient (Wildman–Crippen LogP) is 3.41. The minimum Gasteiger partial charge on any atom is -0.492 e. The smallest absolute Gasteiger partial charge is 0.240 e. The summed E-state index contributed by atoms with van der Waals surface area (Å²) in [6, 6.07) is 16.6. The number of fused-ring (bicyclic) bond motifs is 1. The fraction of sp³-hybridized carbons (Fsp3) is 0.273. The Hall–Kier alpha value is -2.55. The average molecular weight is 432 g/mol. The Labute approximate surface area is 174 Å². The Morgan fingerprint density at radius 1 is 1.00 bits per heavy atom. The van der Waals surface area contributed by atoms with Crippen molar-refractivity contribution in [2.45, 2.75) is 4.90 Å². The van der Waals surface area contributed by atoms with E-state index < -0.39 is 21.7 Å². The van der Waals surface area contributed by atoms with Crippen molar-refractivity contribution in [1.82, 2.24) is 9.62 Å². The monoisotopic (exact) mass is 432 g/mol. The summed E-state index contributed by atoms with van der Waals surface area (Å²) in [5.74, 6) is -1.24. The van der Waals surface area contributed by atoms with Gasteiger partial charge >= 0.3 is 0 Å². The van der Waals surface area contributed by atoms with Crippen LogP contribution in [0.5, 0.6) is 5.75 Å². The quantitative estimate of drug-likeness (QED) is 0.593. The van der Waals surface area contributed by atoms with Gasteiger partial charge in [-0.1, -0.05) is 36.4 Å². The number of rotatable bonds is 8. The first-order chi connectivity index (χ1) is 14.4. The van der Waals surface area contributed by atoms with Gasteiger partial charge in [0.2, 0.25) is 10.0 Å². The van der Waals surface area contributed by atoms with Gasteiger partial charge in [0.05, 0.1) is 4.90 Å². The molecule has 158 valence electrons. The van der Waals surface area contributed by atoms with E-state index in [2.05, 4.69) is 9.62 Å². The molecule has 0 aliphatic carbocycles. The van der Waals surface area contributed by atoms with Crippen molar-refractivity contribution in [1.29, 1.82) is 0 Å². The molecule has 5 nitrogen and oxygen atoms in total. The second kappa shape index (κ2) is 8.67. The topological polar surface area (TPSA) is 58.6 Å². The Morgan fingerprint density at radius 2 is 1.77 bits per heavy atom. The van der Waals surface area contributed by atoms with Gasteiger partial charge < -0.3 is 4.74 Å². The van der Waals surface area contributed by atoms with E-state index in [0.29, 0.717) is 12.7 Å². The molecular weight excluding hydrogens is 410 g/mol. The van der Waals surface area contributed by atoms with Crippen LogP contribution in [0.1, 0.15) is 0 Å². The predicted molar refractivity (Wildman–Crippen MR) is 111 cm³/mol. The SMILES string of the molecule is O=S(=O)(NCC1CN(CCOc2cccc3ccccc23)C1)c1ccc(F)c(F)c1. The zero-order valence-electron chi connectivity index (χ0n) is 16.2. The van der Waals surface area contributed by atoms with Crippen LogP contribution in [0.4, 0.5) is 8.78 Å². The summed E-state index contributed by atoms with van der Waals surface area (Å²) in [7, 11) is -3.86. The highest BCUT2D eigenvalue weighted by Gasteiger charge is 2.28. The van der Waals surface area contributed by atoms with Crippen molar-refractivity contribution in [3.05, 3.63) is 72.3 Å². The van der Waals surface area contributed by atoms with Gasteiger partial charge in [-0.2, -0.15) is 0 Å². The van der Waals surface area contributed by atoms with E-state index in [1.807, 2.05) is 42.5 Å². The highest BCUT2D eigenvalue weighted by Crippen LogP contribution is 2.25. The molecule has 1 aliphatic heterocycles. The normalized spacial score (nSPS) is 15.3. The van der Waals surface area contributed by atoms with Gasteiger partial charge in [0, 0.05) is 31.6 Å². The number of hydrogen-bond donors (Lipinski definition) is 1. The summed E-state index contributed by atoms with van der Waals surface area (Å²) in [4.78, 5) is 1.91. The van der Waals surface area contributed by atoms with Crippen molar-refractivity contribution in [3.8, 4) is 5.75 Å². The van der Waals surface area contributed by atoms with Gasteiger partial charge in [-0.15, -0.1) is 0 Å². The summed E-state index contributed by atoms with van der Waals surface area (Å²) in [6.45, 7) is 3.04. The molecule has 0 spiro atoms.